The molecule has 0 aliphatic carbocycles. The normalized spacial score (nSPS) is 10.8. The molecule has 0 radical (unpaired) electrons. The van der Waals surface area contributed by atoms with E-state index < -0.39 is 0 Å². The van der Waals surface area contributed by atoms with Gasteiger partial charge < -0.3 is 14.4 Å². The van der Waals surface area contributed by atoms with Crippen LogP contribution in [-0.2, 0) is 4.74 Å². The second kappa shape index (κ2) is 9.09. The molecule has 0 aliphatic heterocycles. The Hall–Kier alpha value is -0.880. The van der Waals surface area contributed by atoms with Crippen molar-refractivity contribution in [3.63, 3.8) is 0 Å². The Morgan fingerprint density at radius 2 is 2.11 bits per heavy atom. The van der Waals surface area contributed by atoms with Crippen molar-refractivity contribution in [1.29, 1.82) is 0 Å². The van der Waals surface area contributed by atoms with Gasteiger partial charge in [-0.2, -0.15) is 0 Å². The van der Waals surface area contributed by atoms with E-state index in [2.05, 4.69) is 37.7 Å². The first kappa shape index (κ1) is 16.2. The van der Waals surface area contributed by atoms with Crippen LogP contribution in [-0.4, -0.2) is 47.7 Å². The number of likely N-dealkylation sites (N-methyl/N-ethyl adjacent to an activating group) is 1. The van der Waals surface area contributed by atoms with Crippen LogP contribution in [0.15, 0.2) is 12.4 Å². The number of ether oxygens (including phenoxy) is 2. The minimum Gasteiger partial charge on any atom is -0.475 e. The van der Waals surface area contributed by atoms with E-state index in [1.807, 2.05) is 19.9 Å². The average molecular weight is 332 g/mol. The van der Waals surface area contributed by atoms with Gasteiger partial charge in [-0.3, -0.25) is 0 Å². The molecule has 0 unspecified atom stereocenters. The van der Waals surface area contributed by atoms with E-state index in [1.54, 1.807) is 0 Å². The second-order valence-electron chi connectivity index (χ2n) is 4.26. The molecule has 108 valence electrons. The molecule has 1 aromatic heterocycles. The van der Waals surface area contributed by atoms with Crippen LogP contribution < -0.4 is 9.64 Å². The number of hydrogen-bond donors (Lipinski definition) is 0. The Balaban J connectivity index is 2.59. The summed E-state index contributed by atoms with van der Waals surface area (Å²) in [5.41, 5.74) is 0. The van der Waals surface area contributed by atoms with Crippen LogP contribution in [0.4, 0.5) is 5.82 Å². The SMILES string of the molecule is CCN(CCOCCBr)c1cc(OC(C)C)ncn1. The predicted molar refractivity (Wildman–Crippen MR) is 80.3 cm³/mol. The summed E-state index contributed by atoms with van der Waals surface area (Å²) in [4.78, 5) is 10.5. The fraction of sp³-hybridized carbons (Fsp3) is 0.692. The number of halogens is 1. The fourth-order valence-corrected chi connectivity index (χ4v) is 1.80. The van der Waals surface area contributed by atoms with Gasteiger partial charge in [-0.1, -0.05) is 15.9 Å². The van der Waals surface area contributed by atoms with Crippen molar-refractivity contribution in [3.8, 4) is 5.88 Å². The number of rotatable bonds is 9. The highest BCUT2D eigenvalue weighted by molar-refractivity contribution is 9.09. The van der Waals surface area contributed by atoms with Gasteiger partial charge in [-0.05, 0) is 20.8 Å². The molecule has 0 aliphatic rings. The molecule has 0 amide bonds. The summed E-state index contributed by atoms with van der Waals surface area (Å²) >= 11 is 3.34. The maximum atomic E-state index is 5.58. The Bertz CT molecular complexity index is 363. The van der Waals surface area contributed by atoms with Crippen LogP contribution in [0, 0.1) is 0 Å². The largest absolute Gasteiger partial charge is 0.475 e. The monoisotopic (exact) mass is 331 g/mol. The molecular formula is C13H22BrN3O2. The molecule has 1 rings (SSSR count). The summed E-state index contributed by atoms with van der Waals surface area (Å²) in [5.74, 6) is 1.48. The topological polar surface area (TPSA) is 47.5 Å². The lowest BCUT2D eigenvalue weighted by Crippen LogP contribution is -2.28. The number of alkyl halides is 1. The molecular weight excluding hydrogens is 310 g/mol. The Morgan fingerprint density at radius 3 is 2.74 bits per heavy atom. The van der Waals surface area contributed by atoms with Gasteiger partial charge in [0.1, 0.15) is 12.1 Å². The first-order valence-corrected chi connectivity index (χ1v) is 7.66. The van der Waals surface area contributed by atoms with Gasteiger partial charge in [0, 0.05) is 24.5 Å². The highest BCUT2D eigenvalue weighted by atomic mass is 79.9. The minimum absolute atomic E-state index is 0.111. The molecule has 0 saturated heterocycles. The van der Waals surface area contributed by atoms with Crippen LogP contribution in [0.1, 0.15) is 20.8 Å². The van der Waals surface area contributed by atoms with Crippen molar-refractivity contribution in [1.82, 2.24) is 9.97 Å². The quantitative estimate of drug-likeness (QED) is 0.514. The Morgan fingerprint density at radius 1 is 1.32 bits per heavy atom. The highest BCUT2D eigenvalue weighted by Gasteiger charge is 2.08. The number of hydrogen-bond acceptors (Lipinski definition) is 5. The van der Waals surface area contributed by atoms with E-state index in [1.165, 1.54) is 6.33 Å². The summed E-state index contributed by atoms with van der Waals surface area (Å²) in [6.45, 7) is 9.14. The number of anilines is 1. The second-order valence-corrected chi connectivity index (χ2v) is 5.06. The van der Waals surface area contributed by atoms with Crippen LogP contribution in [0.2, 0.25) is 0 Å². The minimum atomic E-state index is 0.111. The summed E-state index contributed by atoms with van der Waals surface area (Å²) in [5, 5.41) is 0.860. The summed E-state index contributed by atoms with van der Waals surface area (Å²) in [6.07, 6.45) is 1.65. The van der Waals surface area contributed by atoms with E-state index in [0.29, 0.717) is 12.5 Å². The maximum Gasteiger partial charge on any atom is 0.218 e. The summed E-state index contributed by atoms with van der Waals surface area (Å²) in [7, 11) is 0. The smallest absolute Gasteiger partial charge is 0.218 e. The van der Waals surface area contributed by atoms with Crippen molar-refractivity contribution >= 4 is 21.7 Å². The van der Waals surface area contributed by atoms with Crippen LogP contribution in [0.25, 0.3) is 0 Å². The molecule has 6 heteroatoms. The number of aromatic nitrogens is 2. The molecule has 0 fully saturated rings. The van der Waals surface area contributed by atoms with Gasteiger partial charge >= 0.3 is 0 Å². The molecule has 0 N–H and O–H groups in total. The molecule has 0 saturated carbocycles. The third-order valence-corrected chi connectivity index (χ3v) is 2.74. The fourth-order valence-electron chi connectivity index (χ4n) is 1.57. The lowest BCUT2D eigenvalue weighted by atomic mass is 10.4. The highest BCUT2D eigenvalue weighted by Crippen LogP contribution is 2.16. The molecule has 5 nitrogen and oxygen atoms in total. The third kappa shape index (κ3) is 6.20. The van der Waals surface area contributed by atoms with Gasteiger partial charge in [0.15, 0.2) is 0 Å². The molecule has 19 heavy (non-hydrogen) atoms. The van der Waals surface area contributed by atoms with Gasteiger partial charge in [-0.15, -0.1) is 0 Å². The molecule has 0 spiro atoms. The summed E-state index contributed by atoms with van der Waals surface area (Å²) < 4.78 is 11.0. The zero-order valence-corrected chi connectivity index (χ0v) is 13.4. The van der Waals surface area contributed by atoms with Gasteiger partial charge in [0.25, 0.3) is 0 Å². The first-order chi connectivity index (χ1) is 9.17. The van der Waals surface area contributed by atoms with E-state index in [4.69, 9.17) is 9.47 Å². The lowest BCUT2D eigenvalue weighted by molar-refractivity contribution is 0.157. The average Bonchev–Trinajstić information content (AvgIpc) is 2.38. The van der Waals surface area contributed by atoms with Gasteiger partial charge in [0.2, 0.25) is 5.88 Å². The van der Waals surface area contributed by atoms with Crippen molar-refractivity contribution < 1.29 is 9.47 Å². The molecule has 1 heterocycles. The van der Waals surface area contributed by atoms with E-state index >= 15 is 0 Å². The standard InChI is InChI=1S/C13H22BrN3O2/c1-4-17(6-8-18-7-5-14)12-9-13(16-10-15-12)19-11(2)3/h9-11H,4-8H2,1-3H3. The van der Waals surface area contributed by atoms with Crippen molar-refractivity contribution in [2.24, 2.45) is 0 Å². The van der Waals surface area contributed by atoms with Gasteiger partial charge in [-0.25, -0.2) is 9.97 Å². The van der Waals surface area contributed by atoms with Crippen LogP contribution >= 0.6 is 15.9 Å². The zero-order chi connectivity index (χ0) is 14.1. The first-order valence-electron chi connectivity index (χ1n) is 6.54. The van der Waals surface area contributed by atoms with E-state index in [9.17, 15) is 0 Å². The van der Waals surface area contributed by atoms with E-state index in [0.717, 1.165) is 30.8 Å². The van der Waals surface area contributed by atoms with E-state index in [-0.39, 0.29) is 6.10 Å². The Kier molecular flexibility index (Phi) is 7.74. The van der Waals surface area contributed by atoms with Crippen molar-refractivity contribution in [2.45, 2.75) is 26.9 Å². The lowest BCUT2D eigenvalue weighted by Gasteiger charge is -2.22. The van der Waals surface area contributed by atoms with Crippen LogP contribution in [0.5, 0.6) is 5.88 Å². The van der Waals surface area contributed by atoms with Gasteiger partial charge in [0.05, 0.1) is 19.3 Å². The molecule has 0 aromatic carbocycles. The zero-order valence-electron chi connectivity index (χ0n) is 11.8. The summed E-state index contributed by atoms with van der Waals surface area (Å²) in [6, 6.07) is 1.87. The third-order valence-electron chi connectivity index (χ3n) is 2.42. The van der Waals surface area contributed by atoms with Crippen LogP contribution in [0.3, 0.4) is 0 Å². The predicted octanol–water partition coefficient (Wildman–Crippen LogP) is 2.50. The molecule has 0 atom stereocenters. The Labute approximate surface area is 123 Å². The number of nitrogens with zero attached hydrogens (tertiary/aromatic N) is 3. The molecule has 1 aromatic rings. The maximum absolute atomic E-state index is 5.58. The van der Waals surface area contributed by atoms with Crippen molar-refractivity contribution in [2.75, 3.05) is 36.5 Å². The molecule has 0 bridgehead atoms. The van der Waals surface area contributed by atoms with Crippen molar-refractivity contribution in [3.05, 3.63) is 12.4 Å².